The Morgan fingerprint density at radius 3 is 2.42 bits per heavy atom. The van der Waals surface area contributed by atoms with E-state index in [2.05, 4.69) is 10.6 Å². The summed E-state index contributed by atoms with van der Waals surface area (Å²) in [5, 5.41) is 6.21. The predicted molar refractivity (Wildman–Crippen MR) is 61.6 cm³/mol. The molecular weight excluding hydrogens is 267 g/mol. The number of carbonyl (C=O) groups is 2. The second-order valence-corrected chi connectivity index (χ2v) is 3.55. The van der Waals surface area contributed by atoms with E-state index in [9.17, 15) is 22.8 Å². The lowest BCUT2D eigenvalue weighted by Gasteiger charge is -2.09. The molecule has 0 heterocycles. The molecule has 0 rings (SSSR count). The molecule has 0 aliphatic heterocycles. The summed E-state index contributed by atoms with van der Waals surface area (Å²) in [6.07, 6.45) is -3.85. The van der Waals surface area contributed by atoms with E-state index in [1.165, 1.54) is 0 Å². The first kappa shape index (κ1) is 17.5. The van der Waals surface area contributed by atoms with Gasteiger partial charge < -0.3 is 20.7 Å². The lowest BCUT2D eigenvalue weighted by molar-refractivity contribution is -0.137. The average molecular weight is 285 g/mol. The smallest absolute Gasteiger partial charge is 0.382 e. The number of carbonyl (C=O) groups excluding carboxylic acids is 2. The monoisotopic (exact) mass is 285 g/mol. The van der Waals surface area contributed by atoms with E-state index in [0.29, 0.717) is 26.2 Å². The number of rotatable bonds is 8. The molecule has 0 bridgehead atoms. The Bertz CT molecular complexity index is 285. The summed E-state index contributed by atoms with van der Waals surface area (Å²) < 4.78 is 40.3. The second kappa shape index (κ2) is 9.42. The van der Waals surface area contributed by atoms with Crippen molar-refractivity contribution in [1.82, 2.24) is 16.0 Å². The van der Waals surface area contributed by atoms with Gasteiger partial charge in [0.2, 0.25) is 5.91 Å². The normalized spacial score (nSPS) is 10.9. The summed E-state index contributed by atoms with van der Waals surface area (Å²) in [5.41, 5.74) is 0. The van der Waals surface area contributed by atoms with Gasteiger partial charge in [-0.25, -0.2) is 4.79 Å². The van der Waals surface area contributed by atoms with Crippen molar-refractivity contribution < 1.29 is 27.5 Å². The van der Waals surface area contributed by atoms with Crippen molar-refractivity contribution in [3.05, 3.63) is 0 Å². The summed E-state index contributed by atoms with van der Waals surface area (Å²) in [4.78, 5) is 22.1. The number of ether oxygens (including phenoxy) is 1. The van der Waals surface area contributed by atoms with Crippen LogP contribution in [0, 0.1) is 0 Å². The molecule has 0 aromatic rings. The average Bonchev–Trinajstić information content (AvgIpc) is 2.32. The van der Waals surface area contributed by atoms with E-state index in [4.69, 9.17) is 4.74 Å². The van der Waals surface area contributed by atoms with E-state index in [1.807, 2.05) is 6.92 Å². The maximum atomic E-state index is 11.8. The van der Waals surface area contributed by atoms with E-state index in [-0.39, 0.29) is 0 Å². The number of halogens is 3. The van der Waals surface area contributed by atoms with Crippen molar-refractivity contribution in [3.8, 4) is 0 Å². The van der Waals surface area contributed by atoms with Crippen LogP contribution in [-0.2, 0) is 9.53 Å². The van der Waals surface area contributed by atoms with Gasteiger partial charge in [-0.1, -0.05) is 0 Å². The number of urea groups is 1. The first-order valence-electron chi connectivity index (χ1n) is 5.78. The maximum absolute atomic E-state index is 11.8. The molecule has 3 amide bonds. The van der Waals surface area contributed by atoms with Gasteiger partial charge in [0, 0.05) is 19.8 Å². The number of hydrogen-bond acceptors (Lipinski definition) is 3. The number of amides is 3. The summed E-state index contributed by atoms with van der Waals surface area (Å²) in [5.74, 6) is -0.901. The highest BCUT2D eigenvalue weighted by Gasteiger charge is 2.27. The van der Waals surface area contributed by atoms with Crippen LogP contribution in [0.3, 0.4) is 0 Å². The highest BCUT2D eigenvalue weighted by Crippen LogP contribution is 2.11. The first-order chi connectivity index (χ1) is 8.85. The van der Waals surface area contributed by atoms with Gasteiger partial charge in [-0.05, 0) is 13.3 Å². The van der Waals surface area contributed by atoms with Gasteiger partial charge >= 0.3 is 12.2 Å². The summed E-state index contributed by atoms with van der Waals surface area (Å²) >= 11 is 0. The minimum atomic E-state index is -4.46. The van der Waals surface area contributed by atoms with Gasteiger partial charge in [-0.15, -0.1) is 0 Å². The van der Waals surface area contributed by atoms with Gasteiger partial charge in [0.25, 0.3) is 0 Å². The third kappa shape index (κ3) is 12.7. The minimum Gasteiger partial charge on any atom is -0.382 e. The standard InChI is InChI=1S/C10H18F3N3O3/c1-2-19-5-3-4-14-9(18)15-6-8(17)16-7-10(11,12)13/h2-7H2,1H3,(H,16,17)(H2,14,15,18). The molecule has 0 radical (unpaired) electrons. The molecule has 0 aliphatic rings. The summed E-state index contributed by atoms with van der Waals surface area (Å²) in [6.45, 7) is 1.38. The highest BCUT2D eigenvalue weighted by atomic mass is 19.4. The van der Waals surface area contributed by atoms with Crippen LogP contribution in [0.4, 0.5) is 18.0 Å². The van der Waals surface area contributed by atoms with Gasteiger partial charge in [0.15, 0.2) is 0 Å². The largest absolute Gasteiger partial charge is 0.405 e. The van der Waals surface area contributed by atoms with Crippen molar-refractivity contribution >= 4 is 11.9 Å². The van der Waals surface area contributed by atoms with Crippen molar-refractivity contribution in [2.75, 3.05) is 32.8 Å². The Balaban J connectivity index is 3.53. The molecule has 0 unspecified atom stereocenters. The van der Waals surface area contributed by atoms with Gasteiger partial charge in [-0.3, -0.25) is 4.79 Å². The molecule has 0 aromatic heterocycles. The first-order valence-corrected chi connectivity index (χ1v) is 5.78. The molecule has 0 spiro atoms. The van der Waals surface area contributed by atoms with Crippen LogP contribution in [0.25, 0.3) is 0 Å². The lowest BCUT2D eigenvalue weighted by atomic mass is 10.4. The van der Waals surface area contributed by atoms with Crippen LogP contribution in [0.5, 0.6) is 0 Å². The topological polar surface area (TPSA) is 79.5 Å². The van der Waals surface area contributed by atoms with Gasteiger partial charge in [0.1, 0.15) is 6.54 Å². The zero-order valence-corrected chi connectivity index (χ0v) is 10.6. The van der Waals surface area contributed by atoms with Crippen LogP contribution in [0.15, 0.2) is 0 Å². The molecular formula is C10H18F3N3O3. The Hall–Kier alpha value is -1.51. The fraction of sp³-hybridized carbons (Fsp3) is 0.800. The Kier molecular flexibility index (Phi) is 8.68. The van der Waals surface area contributed by atoms with E-state index >= 15 is 0 Å². The van der Waals surface area contributed by atoms with Crippen LogP contribution < -0.4 is 16.0 Å². The zero-order valence-electron chi connectivity index (χ0n) is 10.6. The molecule has 9 heteroatoms. The van der Waals surface area contributed by atoms with Crippen molar-refractivity contribution in [1.29, 1.82) is 0 Å². The highest BCUT2D eigenvalue weighted by molar-refractivity contribution is 5.83. The third-order valence-corrected chi connectivity index (χ3v) is 1.85. The van der Waals surface area contributed by atoms with Gasteiger partial charge in [0.05, 0.1) is 6.54 Å². The predicted octanol–water partition coefficient (Wildman–Crippen LogP) is 0.391. The minimum absolute atomic E-state index is 0.357. The molecule has 19 heavy (non-hydrogen) atoms. The lowest BCUT2D eigenvalue weighted by Crippen LogP contribution is -2.44. The Morgan fingerprint density at radius 1 is 1.16 bits per heavy atom. The quantitative estimate of drug-likeness (QED) is 0.564. The molecule has 0 saturated carbocycles. The molecule has 0 saturated heterocycles. The zero-order chi connectivity index (χ0) is 14.7. The Labute approximate surface area is 109 Å². The van der Waals surface area contributed by atoms with E-state index in [0.717, 1.165) is 0 Å². The van der Waals surface area contributed by atoms with Crippen molar-refractivity contribution in [2.45, 2.75) is 19.5 Å². The molecule has 0 aliphatic carbocycles. The SMILES string of the molecule is CCOCCCNC(=O)NCC(=O)NCC(F)(F)F. The summed E-state index contributed by atoms with van der Waals surface area (Å²) in [7, 11) is 0. The second-order valence-electron chi connectivity index (χ2n) is 3.55. The van der Waals surface area contributed by atoms with Gasteiger partial charge in [-0.2, -0.15) is 13.2 Å². The van der Waals surface area contributed by atoms with Crippen molar-refractivity contribution in [2.24, 2.45) is 0 Å². The Morgan fingerprint density at radius 2 is 1.84 bits per heavy atom. The molecule has 0 aromatic carbocycles. The van der Waals surface area contributed by atoms with Crippen LogP contribution in [0.2, 0.25) is 0 Å². The maximum Gasteiger partial charge on any atom is 0.405 e. The fourth-order valence-corrected chi connectivity index (χ4v) is 1.00. The number of alkyl halides is 3. The summed E-state index contributed by atoms with van der Waals surface area (Å²) in [6, 6.07) is -0.612. The molecule has 0 atom stereocenters. The van der Waals surface area contributed by atoms with Crippen molar-refractivity contribution in [3.63, 3.8) is 0 Å². The molecule has 3 N–H and O–H groups in total. The van der Waals surface area contributed by atoms with Crippen LogP contribution in [-0.4, -0.2) is 51.0 Å². The van der Waals surface area contributed by atoms with E-state index < -0.39 is 31.2 Å². The number of nitrogens with one attached hydrogen (secondary N) is 3. The van der Waals surface area contributed by atoms with Crippen LogP contribution in [0.1, 0.15) is 13.3 Å². The molecule has 0 fully saturated rings. The fourth-order valence-electron chi connectivity index (χ4n) is 1.00. The molecule has 112 valence electrons. The third-order valence-electron chi connectivity index (χ3n) is 1.85. The van der Waals surface area contributed by atoms with E-state index in [1.54, 1.807) is 5.32 Å². The van der Waals surface area contributed by atoms with Crippen LogP contribution >= 0.6 is 0 Å². The molecule has 6 nitrogen and oxygen atoms in total. The number of hydrogen-bond donors (Lipinski definition) is 3.